The average Bonchev–Trinajstić information content (AvgIpc) is 2.88. The standard InChI is InChI=1S/C15H15NO3S2/c1-2-7-16-15(17)12-8-10-9-21(18,19)13-6-4-3-5-11(13)14(10)20-12/h3-6,8H,2,7,9H2,1H3,(H,16,17). The van der Waals surface area contributed by atoms with Gasteiger partial charge in [-0.1, -0.05) is 25.1 Å². The molecule has 1 amide bonds. The van der Waals surface area contributed by atoms with Gasteiger partial charge in [-0.15, -0.1) is 11.3 Å². The van der Waals surface area contributed by atoms with Crippen molar-refractivity contribution >= 4 is 27.1 Å². The topological polar surface area (TPSA) is 63.2 Å². The maximum Gasteiger partial charge on any atom is 0.261 e. The first-order valence-corrected chi connectivity index (χ1v) is 9.23. The van der Waals surface area contributed by atoms with Crippen molar-refractivity contribution in [3.8, 4) is 10.4 Å². The highest BCUT2D eigenvalue weighted by molar-refractivity contribution is 7.91. The fraction of sp³-hybridized carbons (Fsp3) is 0.267. The predicted octanol–water partition coefficient (Wildman–Crippen LogP) is 2.84. The molecule has 0 unspecified atom stereocenters. The SMILES string of the molecule is CCCNC(=O)c1cc2c(s1)-c1ccccc1S(=O)(=O)C2. The third-order valence-electron chi connectivity index (χ3n) is 3.38. The lowest BCUT2D eigenvalue weighted by molar-refractivity contribution is 0.0957. The lowest BCUT2D eigenvalue weighted by Gasteiger charge is -2.15. The lowest BCUT2D eigenvalue weighted by atomic mass is 10.1. The van der Waals surface area contributed by atoms with Crippen LogP contribution in [0.5, 0.6) is 0 Å². The van der Waals surface area contributed by atoms with E-state index in [4.69, 9.17) is 0 Å². The van der Waals surface area contributed by atoms with Gasteiger partial charge in [0.25, 0.3) is 5.91 Å². The molecule has 0 saturated carbocycles. The monoisotopic (exact) mass is 321 g/mol. The molecule has 0 saturated heterocycles. The summed E-state index contributed by atoms with van der Waals surface area (Å²) in [7, 11) is -3.31. The van der Waals surface area contributed by atoms with Crippen molar-refractivity contribution in [2.75, 3.05) is 6.54 Å². The van der Waals surface area contributed by atoms with Gasteiger partial charge in [0.1, 0.15) is 0 Å². The van der Waals surface area contributed by atoms with E-state index >= 15 is 0 Å². The second-order valence-corrected chi connectivity index (χ2v) is 7.99. The van der Waals surface area contributed by atoms with Crippen LogP contribution in [0, 0.1) is 0 Å². The van der Waals surface area contributed by atoms with Gasteiger partial charge in [-0.25, -0.2) is 8.42 Å². The van der Waals surface area contributed by atoms with Crippen LogP contribution < -0.4 is 5.32 Å². The van der Waals surface area contributed by atoms with Crippen molar-refractivity contribution in [3.05, 3.63) is 40.8 Å². The van der Waals surface area contributed by atoms with E-state index in [1.165, 1.54) is 11.3 Å². The Morgan fingerprint density at radius 2 is 2.10 bits per heavy atom. The van der Waals surface area contributed by atoms with Crippen molar-refractivity contribution < 1.29 is 13.2 Å². The molecule has 1 aromatic carbocycles. The number of amides is 1. The highest BCUT2D eigenvalue weighted by atomic mass is 32.2. The second kappa shape index (κ2) is 5.27. The van der Waals surface area contributed by atoms with Gasteiger partial charge in [0, 0.05) is 17.0 Å². The summed E-state index contributed by atoms with van der Waals surface area (Å²) in [5, 5.41) is 2.82. The van der Waals surface area contributed by atoms with Gasteiger partial charge in [0.2, 0.25) is 0 Å². The van der Waals surface area contributed by atoms with E-state index in [0.29, 0.717) is 21.9 Å². The maximum atomic E-state index is 12.3. The molecule has 21 heavy (non-hydrogen) atoms. The molecule has 0 atom stereocenters. The quantitative estimate of drug-likeness (QED) is 0.945. The number of hydrogen-bond donors (Lipinski definition) is 1. The molecular weight excluding hydrogens is 306 g/mol. The van der Waals surface area contributed by atoms with Gasteiger partial charge in [-0.2, -0.15) is 0 Å². The summed E-state index contributed by atoms with van der Waals surface area (Å²) in [6, 6.07) is 8.68. The molecular formula is C15H15NO3S2. The van der Waals surface area contributed by atoms with Crippen LogP contribution in [-0.2, 0) is 15.6 Å². The first-order chi connectivity index (χ1) is 10.0. The molecule has 0 radical (unpaired) electrons. The van der Waals surface area contributed by atoms with Gasteiger partial charge in [-0.05, 0) is 24.1 Å². The Balaban J connectivity index is 2.07. The summed E-state index contributed by atoms with van der Waals surface area (Å²) >= 11 is 1.36. The molecule has 2 aromatic rings. The van der Waals surface area contributed by atoms with E-state index in [1.807, 2.05) is 13.0 Å². The number of hydrogen-bond acceptors (Lipinski definition) is 4. The number of fused-ring (bicyclic) bond motifs is 3. The summed E-state index contributed by atoms with van der Waals surface area (Å²) in [6.45, 7) is 2.61. The van der Waals surface area contributed by atoms with Crippen LogP contribution in [0.25, 0.3) is 10.4 Å². The molecule has 0 bridgehead atoms. The van der Waals surface area contributed by atoms with Crippen LogP contribution in [0.3, 0.4) is 0 Å². The Morgan fingerprint density at radius 3 is 2.86 bits per heavy atom. The van der Waals surface area contributed by atoms with E-state index in [1.54, 1.807) is 24.3 Å². The number of rotatable bonds is 3. The Hall–Kier alpha value is -1.66. The highest BCUT2D eigenvalue weighted by Gasteiger charge is 2.30. The van der Waals surface area contributed by atoms with Crippen LogP contribution in [0.15, 0.2) is 35.2 Å². The van der Waals surface area contributed by atoms with Crippen LogP contribution in [0.2, 0.25) is 0 Å². The Kier molecular flexibility index (Phi) is 3.59. The van der Waals surface area contributed by atoms with Gasteiger partial charge in [0.05, 0.1) is 15.5 Å². The third kappa shape index (κ3) is 2.49. The molecule has 1 N–H and O–H groups in total. The first kappa shape index (κ1) is 14.3. The molecule has 2 heterocycles. The molecule has 1 aliphatic heterocycles. The zero-order chi connectivity index (χ0) is 15.0. The first-order valence-electron chi connectivity index (χ1n) is 6.76. The molecule has 0 fully saturated rings. The average molecular weight is 321 g/mol. The highest BCUT2D eigenvalue weighted by Crippen LogP contribution is 2.42. The van der Waals surface area contributed by atoms with Crippen LogP contribution >= 0.6 is 11.3 Å². The molecule has 0 spiro atoms. The van der Waals surface area contributed by atoms with Crippen molar-refractivity contribution in [2.24, 2.45) is 0 Å². The zero-order valence-corrected chi connectivity index (χ0v) is 13.2. The fourth-order valence-corrected chi connectivity index (χ4v) is 5.29. The minimum absolute atomic E-state index is 0.0308. The van der Waals surface area contributed by atoms with E-state index in [0.717, 1.165) is 16.9 Å². The third-order valence-corrected chi connectivity index (χ3v) is 6.31. The Morgan fingerprint density at radius 1 is 1.33 bits per heavy atom. The summed E-state index contributed by atoms with van der Waals surface area (Å²) in [5.41, 5.74) is 1.43. The molecule has 1 aliphatic rings. The summed E-state index contributed by atoms with van der Waals surface area (Å²) in [5.74, 6) is -0.164. The maximum absolute atomic E-state index is 12.3. The number of carbonyl (C=O) groups is 1. The second-order valence-electron chi connectivity index (χ2n) is 4.98. The summed E-state index contributed by atoms with van der Waals surface area (Å²) in [4.78, 5) is 13.9. The van der Waals surface area contributed by atoms with E-state index in [-0.39, 0.29) is 11.7 Å². The van der Waals surface area contributed by atoms with Gasteiger partial charge >= 0.3 is 0 Å². The normalized spacial score (nSPS) is 15.1. The van der Waals surface area contributed by atoms with Crippen LogP contribution in [-0.4, -0.2) is 20.9 Å². The van der Waals surface area contributed by atoms with Gasteiger partial charge in [-0.3, -0.25) is 4.79 Å². The van der Waals surface area contributed by atoms with Crippen molar-refractivity contribution in [1.82, 2.24) is 5.32 Å². The Labute approximate surface area is 127 Å². The Bertz CT molecular complexity index is 806. The molecule has 110 valence electrons. The van der Waals surface area contributed by atoms with E-state index in [9.17, 15) is 13.2 Å². The minimum atomic E-state index is -3.31. The number of carbonyl (C=O) groups excluding carboxylic acids is 1. The largest absolute Gasteiger partial charge is 0.351 e. The van der Waals surface area contributed by atoms with Gasteiger partial charge < -0.3 is 5.32 Å². The van der Waals surface area contributed by atoms with E-state index < -0.39 is 9.84 Å². The summed E-state index contributed by atoms with van der Waals surface area (Å²) in [6.07, 6.45) is 0.869. The molecule has 0 aliphatic carbocycles. The minimum Gasteiger partial charge on any atom is -0.351 e. The molecule has 4 nitrogen and oxygen atoms in total. The molecule has 3 rings (SSSR count). The predicted molar refractivity (Wildman–Crippen MR) is 83.3 cm³/mol. The van der Waals surface area contributed by atoms with Crippen molar-refractivity contribution in [1.29, 1.82) is 0 Å². The van der Waals surface area contributed by atoms with Crippen LogP contribution in [0.4, 0.5) is 0 Å². The van der Waals surface area contributed by atoms with E-state index in [2.05, 4.69) is 5.32 Å². The van der Waals surface area contributed by atoms with Gasteiger partial charge in [0.15, 0.2) is 9.84 Å². The zero-order valence-electron chi connectivity index (χ0n) is 11.5. The number of sulfone groups is 1. The smallest absolute Gasteiger partial charge is 0.261 e. The summed E-state index contributed by atoms with van der Waals surface area (Å²) < 4.78 is 24.6. The van der Waals surface area contributed by atoms with Crippen LogP contribution in [0.1, 0.15) is 28.6 Å². The van der Waals surface area contributed by atoms with Crippen molar-refractivity contribution in [3.63, 3.8) is 0 Å². The van der Waals surface area contributed by atoms with Crippen molar-refractivity contribution in [2.45, 2.75) is 24.0 Å². The lowest BCUT2D eigenvalue weighted by Crippen LogP contribution is -2.22. The number of nitrogens with one attached hydrogen (secondary N) is 1. The molecule has 1 aromatic heterocycles. The molecule has 6 heteroatoms. The fourth-order valence-electron chi connectivity index (χ4n) is 2.41. The number of thiophene rings is 1. The number of benzene rings is 1.